The van der Waals surface area contributed by atoms with Crippen molar-refractivity contribution in [2.24, 2.45) is 5.41 Å². The number of aromatic nitrogens is 1. The number of carbonyl (C=O) groups is 1. The highest BCUT2D eigenvalue weighted by Crippen LogP contribution is 2.40. The first-order chi connectivity index (χ1) is 15.1. The number of pyridine rings is 1. The Morgan fingerprint density at radius 1 is 1.13 bits per heavy atom. The van der Waals surface area contributed by atoms with Gasteiger partial charge in [-0.2, -0.15) is 5.26 Å². The molecule has 1 amide bonds. The Morgan fingerprint density at radius 3 is 2.58 bits per heavy atom. The van der Waals surface area contributed by atoms with Crippen LogP contribution in [-0.4, -0.2) is 53.1 Å². The van der Waals surface area contributed by atoms with Crippen molar-refractivity contribution in [3.05, 3.63) is 59.3 Å². The number of piperidine rings is 1. The van der Waals surface area contributed by atoms with E-state index in [9.17, 15) is 10.1 Å². The first-order valence-corrected chi connectivity index (χ1v) is 11.9. The van der Waals surface area contributed by atoms with Crippen molar-refractivity contribution in [1.29, 1.82) is 5.26 Å². The maximum Gasteiger partial charge on any atom is 0.298 e. The number of benzene rings is 1. The second-order valence-corrected chi connectivity index (χ2v) is 9.14. The summed E-state index contributed by atoms with van der Waals surface area (Å²) < 4.78 is 0. The first-order valence-electron chi connectivity index (χ1n) is 10.6. The highest BCUT2D eigenvalue weighted by Gasteiger charge is 2.41. The molecule has 3 heterocycles. The van der Waals surface area contributed by atoms with Crippen LogP contribution in [0.1, 0.15) is 36.1 Å². The largest absolute Gasteiger partial charge is 0.332 e. The van der Waals surface area contributed by atoms with Gasteiger partial charge in [-0.25, -0.2) is 4.98 Å². The lowest BCUT2D eigenvalue weighted by molar-refractivity contribution is -0.127. The quantitative estimate of drug-likeness (QED) is 0.551. The molecule has 1 aromatic carbocycles. The molecular weight excluding hydrogens is 404 g/mol. The highest BCUT2D eigenvalue weighted by atomic mass is 32.2. The SMILES string of the molecule is CSc1nc(CN2CCC3(CCN(C(=O)C#Cc4ccccc4)CC3)C2)ccc1C#N. The molecule has 2 fully saturated rings. The minimum atomic E-state index is -0.0695. The van der Waals surface area contributed by atoms with Gasteiger partial charge in [-0.1, -0.05) is 24.1 Å². The van der Waals surface area contributed by atoms with Crippen molar-refractivity contribution in [3.63, 3.8) is 0 Å². The van der Waals surface area contributed by atoms with E-state index in [-0.39, 0.29) is 5.91 Å². The third-order valence-corrected chi connectivity index (χ3v) is 7.03. The molecule has 0 radical (unpaired) electrons. The number of nitriles is 1. The summed E-state index contributed by atoms with van der Waals surface area (Å²) in [5.74, 6) is 5.71. The molecule has 1 aromatic heterocycles. The zero-order valence-electron chi connectivity index (χ0n) is 17.8. The van der Waals surface area contributed by atoms with Crippen LogP contribution in [0.4, 0.5) is 0 Å². The van der Waals surface area contributed by atoms with Crippen molar-refractivity contribution in [2.75, 3.05) is 32.4 Å². The van der Waals surface area contributed by atoms with Crippen LogP contribution in [0.15, 0.2) is 47.5 Å². The Labute approximate surface area is 188 Å². The van der Waals surface area contributed by atoms with E-state index in [2.05, 4.69) is 27.8 Å². The summed E-state index contributed by atoms with van der Waals surface area (Å²) in [6.07, 6.45) is 5.17. The Kier molecular flexibility index (Phi) is 6.61. The Balaban J connectivity index is 1.31. The fourth-order valence-corrected chi connectivity index (χ4v) is 5.06. The standard InChI is InChI=1S/C25H26N4OS/c1-31-24-21(17-26)8-9-22(27-24)18-28-14-11-25(19-28)12-15-29(16-13-25)23(30)10-7-20-5-3-2-4-6-20/h2-6,8-9H,11-16,18-19H2,1H3. The van der Waals surface area contributed by atoms with Gasteiger partial charge in [0.05, 0.1) is 11.3 Å². The van der Waals surface area contributed by atoms with E-state index in [1.54, 1.807) is 0 Å². The zero-order chi connectivity index (χ0) is 21.7. The summed E-state index contributed by atoms with van der Waals surface area (Å²) >= 11 is 1.52. The van der Waals surface area contributed by atoms with Crippen LogP contribution in [0.2, 0.25) is 0 Å². The molecule has 0 aliphatic carbocycles. The Bertz CT molecular complexity index is 1040. The molecule has 2 aliphatic heterocycles. The molecule has 0 N–H and O–H groups in total. The molecule has 2 aromatic rings. The van der Waals surface area contributed by atoms with Crippen LogP contribution in [0, 0.1) is 28.6 Å². The third kappa shape index (κ3) is 5.10. The summed E-state index contributed by atoms with van der Waals surface area (Å²) in [5.41, 5.74) is 2.82. The number of thioether (sulfide) groups is 1. The summed E-state index contributed by atoms with van der Waals surface area (Å²) in [6.45, 7) is 4.47. The average Bonchev–Trinajstić information content (AvgIpc) is 3.20. The Hall–Kier alpha value is -2.80. The van der Waals surface area contributed by atoms with Gasteiger partial charge < -0.3 is 4.90 Å². The number of likely N-dealkylation sites (tertiary alicyclic amines) is 2. The van der Waals surface area contributed by atoms with Crippen LogP contribution in [0.25, 0.3) is 0 Å². The van der Waals surface area contributed by atoms with Gasteiger partial charge in [0.2, 0.25) is 0 Å². The molecule has 0 bridgehead atoms. The van der Waals surface area contributed by atoms with Gasteiger partial charge in [0.15, 0.2) is 0 Å². The van der Waals surface area contributed by atoms with Crippen molar-refractivity contribution in [2.45, 2.75) is 30.8 Å². The molecule has 1 spiro atoms. The molecule has 2 saturated heterocycles. The number of hydrogen-bond acceptors (Lipinski definition) is 5. The maximum atomic E-state index is 12.5. The van der Waals surface area contributed by atoms with Crippen molar-refractivity contribution in [1.82, 2.24) is 14.8 Å². The molecule has 0 atom stereocenters. The number of amides is 1. The molecule has 0 unspecified atom stereocenters. The molecule has 5 nitrogen and oxygen atoms in total. The van der Waals surface area contributed by atoms with Crippen LogP contribution in [0.3, 0.4) is 0 Å². The number of rotatable bonds is 3. The second kappa shape index (κ2) is 9.56. The summed E-state index contributed by atoms with van der Waals surface area (Å²) in [7, 11) is 0. The lowest BCUT2D eigenvalue weighted by Crippen LogP contribution is -2.43. The van der Waals surface area contributed by atoms with E-state index >= 15 is 0 Å². The molecule has 6 heteroatoms. The predicted octanol–water partition coefficient (Wildman–Crippen LogP) is 3.54. The smallest absolute Gasteiger partial charge is 0.298 e. The van der Waals surface area contributed by atoms with Gasteiger partial charge >= 0.3 is 0 Å². The lowest BCUT2D eigenvalue weighted by atomic mass is 9.78. The Morgan fingerprint density at radius 2 is 1.87 bits per heavy atom. The fraction of sp³-hybridized carbons (Fsp3) is 0.400. The van der Waals surface area contributed by atoms with Crippen LogP contribution >= 0.6 is 11.8 Å². The summed E-state index contributed by atoms with van der Waals surface area (Å²) in [5, 5.41) is 10.00. The van der Waals surface area contributed by atoms with Gasteiger partial charge in [0.25, 0.3) is 5.91 Å². The predicted molar refractivity (Wildman–Crippen MR) is 122 cm³/mol. The van der Waals surface area contributed by atoms with Crippen molar-refractivity contribution < 1.29 is 4.79 Å². The highest BCUT2D eigenvalue weighted by molar-refractivity contribution is 7.98. The van der Waals surface area contributed by atoms with Crippen molar-refractivity contribution in [3.8, 4) is 17.9 Å². The second-order valence-electron chi connectivity index (χ2n) is 8.34. The van der Waals surface area contributed by atoms with Crippen molar-refractivity contribution >= 4 is 17.7 Å². The topological polar surface area (TPSA) is 60.2 Å². The van der Waals surface area contributed by atoms with Gasteiger partial charge in [-0.05, 0) is 61.7 Å². The van der Waals surface area contributed by atoms with Gasteiger partial charge in [-0.15, -0.1) is 11.8 Å². The maximum absolute atomic E-state index is 12.5. The van der Waals surface area contributed by atoms with Gasteiger partial charge in [0, 0.05) is 37.7 Å². The lowest BCUT2D eigenvalue weighted by Gasteiger charge is -2.38. The number of hydrogen-bond donors (Lipinski definition) is 0. The van der Waals surface area contributed by atoms with E-state index in [4.69, 9.17) is 0 Å². The van der Waals surface area contributed by atoms with Crippen LogP contribution in [-0.2, 0) is 11.3 Å². The number of nitrogens with zero attached hydrogens (tertiary/aromatic N) is 4. The molecule has 0 saturated carbocycles. The first kappa shape index (κ1) is 21.4. The number of carbonyl (C=O) groups excluding carboxylic acids is 1. The minimum Gasteiger partial charge on any atom is -0.332 e. The fourth-order valence-electron chi connectivity index (χ4n) is 4.52. The monoisotopic (exact) mass is 430 g/mol. The van der Waals surface area contributed by atoms with E-state index in [0.717, 1.165) is 68.3 Å². The molecule has 2 aliphatic rings. The average molecular weight is 431 g/mol. The summed E-state index contributed by atoms with van der Waals surface area (Å²) in [6, 6.07) is 15.7. The molecule has 31 heavy (non-hydrogen) atoms. The van der Waals surface area contributed by atoms with Crippen LogP contribution < -0.4 is 0 Å². The zero-order valence-corrected chi connectivity index (χ0v) is 18.6. The van der Waals surface area contributed by atoms with Gasteiger partial charge in [-0.3, -0.25) is 9.69 Å². The molecular formula is C25H26N4OS. The van der Waals surface area contributed by atoms with Crippen LogP contribution in [0.5, 0.6) is 0 Å². The van der Waals surface area contributed by atoms with E-state index < -0.39 is 0 Å². The van der Waals surface area contributed by atoms with E-state index in [1.807, 2.05) is 53.6 Å². The molecule has 158 valence electrons. The normalized spacial score (nSPS) is 17.7. The minimum absolute atomic E-state index is 0.0695. The summed E-state index contributed by atoms with van der Waals surface area (Å²) in [4.78, 5) is 21.5. The van der Waals surface area contributed by atoms with Gasteiger partial charge in [0.1, 0.15) is 11.1 Å². The third-order valence-electron chi connectivity index (χ3n) is 6.33. The molecule has 4 rings (SSSR count). The van der Waals surface area contributed by atoms with E-state index in [0.29, 0.717) is 11.0 Å². The van der Waals surface area contributed by atoms with E-state index in [1.165, 1.54) is 11.8 Å².